The Morgan fingerprint density at radius 2 is 1.94 bits per heavy atom. The molecule has 0 aliphatic carbocycles. The van der Waals surface area contributed by atoms with Gasteiger partial charge in [0.15, 0.2) is 0 Å². The molecular formula is C11H19N3O2. The van der Waals surface area contributed by atoms with Crippen LogP contribution in [0, 0.1) is 5.92 Å². The van der Waals surface area contributed by atoms with Crippen LogP contribution in [-0.4, -0.2) is 49.4 Å². The minimum atomic E-state index is 0.0768. The molecule has 2 heterocycles. The predicted molar refractivity (Wildman–Crippen MR) is 59.8 cm³/mol. The van der Waals surface area contributed by atoms with E-state index in [0.717, 1.165) is 39.0 Å². The van der Waals surface area contributed by atoms with Crippen LogP contribution in [-0.2, 0) is 9.59 Å². The van der Waals surface area contributed by atoms with E-state index in [1.165, 1.54) is 0 Å². The van der Waals surface area contributed by atoms with Crippen molar-refractivity contribution in [1.29, 1.82) is 0 Å². The van der Waals surface area contributed by atoms with Crippen LogP contribution < -0.4 is 10.6 Å². The zero-order chi connectivity index (χ0) is 11.4. The highest BCUT2D eigenvalue weighted by Crippen LogP contribution is 2.08. The number of hydrogen-bond donors (Lipinski definition) is 2. The van der Waals surface area contributed by atoms with Gasteiger partial charge in [0.05, 0.1) is 5.92 Å². The summed E-state index contributed by atoms with van der Waals surface area (Å²) in [6, 6.07) is 0. The SMILES string of the molecule is O=C(NCCC(=O)N1CCCC1)C1CNC1. The number of rotatable bonds is 4. The summed E-state index contributed by atoms with van der Waals surface area (Å²) in [4.78, 5) is 25.0. The van der Waals surface area contributed by atoms with Gasteiger partial charge in [-0.15, -0.1) is 0 Å². The van der Waals surface area contributed by atoms with E-state index in [0.29, 0.717) is 13.0 Å². The summed E-state index contributed by atoms with van der Waals surface area (Å²) in [5, 5.41) is 5.86. The summed E-state index contributed by atoms with van der Waals surface area (Å²) in [5.41, 5.74) is 0. The first kappa shape index (κ1) is 11.4. The average molecular weight is 225 g/mol. The molecule has 0 radical (unpaired) electrons. The molecule has 90 valence electrons. The highest BCUT2D eigenvalue weighted by Gasteiger charge is 2.24. The van der Waals surface area contributed by atoms with Crippen molar-refractivity contribution in [2.24, 2.45) is 5.92 Å². The first-order chi connectivity index (χ1) is 7.77. The number of likely N-dealkylation sites (tertiary alicyclic amines) is 1. The smallest absolute Gasteiger partial charge is 0.225 e. The van der Waals surface area contributed by atoms with Gasteiger partial charge in [0.1, 0.15) is 0 Å². The summed E-state index contributed by atoms with van der Waals surface area (Å²) in [5.74, 6) is 0.361. The molecule has 0 unspecified atom stereocenters. The molecule has 0 aromatic carbocycles. The second kappa shape index (κ2) is 5.30. The minimum Gasteiger partial charge on any atom is -0.355 e. The Hall–Kier alpha value is -1.10. The molecular weight excluding hydrogens is 206 g/mol. The van der Waals surface area contributed by atoms with Crippen molar-refractivity contribution in [3.05, 3.63) is 0 Å². The molecule has 2 amide bonds. The Balaban J connectivity index is 1.59. The standard InChI is InChI=1S/C11H19N3O2/c15-10(14-5-1-2-6-14)3-4-13-11(16)9-7-12-8-9/h9,12H,1-8H2,(H,13,16). The first-order valence-corrected chi connectivity index (χ1v) is 6.03. The van der Waals surface area contributed by atoms with Crippen LogP contribution >= 0.6 is 0 Å². The van der Waals surface area contributed by atoms with Gasteiger partial charge in [0, 0.05) is 39.1 Å². The van der Waals surface area contributed by atoms with Crippen LogP contribution in [0.4, 0.5) is 0 Å². The van der Waals surface area contributed by atoms with Gasteiger partial charge in [-0.2, -0.15) is 0 Å². The highest BCUT2D eigenvalue weighted by atomic mass is 16.2. The van der Waals surface area contributed by atoms with Crippen LogP contribution in [0.5, 0.6) is 0 Å². The van der Waals surface area contributed by atoms with Crippen LogP contribution in [0.3, 0.4) is 0 Å². The lowest BCUT2D eigenvalue weighted by atomic mass is 10.0. The Kier molecular flexibility index (Phi) is 3.77. The van der Waals surface area contributed by atoms with Crippen molar-refractivity contribution >= 4 is 11.8 Å². The summed E-state index contributed by atoms with van der Waals surface area (Å²) >= 11 is 0. The predicted octanol–water partition coefficient (Wildman–Crippen LogP) is -0.665. The molecule has 2 saturated heterocycles. The number of carbonyl (C=O) groups is 2. The fourth-order valence-electron chi connectivity index (χ4n) is 2.04. The highest BCUT2D eigenvalue weighted by molar-refractivity contribution is 5.81. The van der Waals surface area contributed by atoms with E-state index in [1.54, 1.807) is 0 Å². The number of amides is 2. The summed E-state index contributed by atoms with van der Waals surface area (Å²) in [6.07, 6.45) is 2.67. The Bertz CT molecular complexity index is 270. The lowest BCUT2D eigenvalue weighted by Crippen LogP contribution is -2.51. The monoisotopic (exact) mass is 225 g/mol. The molecule has 2 fully saturated rings. The Morgan fingerprint density at radius 3 is 2.50 bits per heavy atom. The zero-order valence-corrected chi connectivity index (χ0v) is 9.50. The zero-order valence-electron chi connectivity index (χ0n) is 9.50. The molecule has 0 saturated carbocycles. The number of nitrogens with one attached hydrogen (secondary N) is 2. The minimum absolute atomic E-state index is 0.0768. The van der Waals surface area contributed by atoms with E-state index < -0.39 is 0 Å². The van der Waals surface area contributed by atoms with E-state index >= 15 is 0 Å². The van der Waals surface area contributed by atoms with Crippen LogP contribution in [0.2, 0.25) is 0 Å². The maximum atomic E-state index is 11.6. The van der Waals surface area contributed by atoms with Crippen molar-refractivity contribution in [3.8, 4) is 0 Å². The largest absolute Gasteiger partial charge is 0.355 e. The van der Waals surface area contributed by atoms with Gasteiger partial charge in [-0.05, 0) is 12.8 Å². The third kappa shape index (κ3) is 2.72. The van der Waals surface area contributed by atoms with Gasteiger partial charge in [-0.1, -0.05) is 0 Å². The normalized spacial score (nSPS) is 20.6. The van der Waals surface area contributed by atoms with Gasteiger partial charge in [-0.3, -0.25) is 9.59 Å². The second-order valence-corrected chi connectivity index (χ2v) is 4.48. The molecule has 2 N–H and O–H groups in total. The summed E-state index contributed by atoms with van der Waals surface area (Å²) in [7, 11) is 0. The Morgan fingerprint density at radius 1 is 1.25 bits per heavy atom. The average Bonchev–Trinajstić information content (AvgIpc) is 2.67. The van der Waals surface area contributed by atoms with Gasteiger partial charge >= 0.3 is 0 Å². The van der Waals surface area contributed by atoms with Gasteiger partial charge in [-0.25, -0.2) is 0 Å². The third-order valence-electron chi connectivity index (χ3n) is 3.25. The number of nitrogens with zero attached hydrogens (tertiary/aromatic N) is 1. The lowest BCUT2D eigenvalue weighted by molar-refractivity contribution is -0.130. The van der Waals surface area contributed by atoms with Gasteiger partial charge in [0.2, 0.25) is 11.8 Å². The molecule has 0 spiro atoms. The van der Waals surface area contributed by atoms with E-state index in [2.05, 4.69) is 10.6 Å². The van der Waals surface area contributed by atoms with Crippen molar-refractivity contribution in [2.45, 2.75) is 19.3 Å². The van der Waals surface area contributed by atoms with E-state index in [4.69, 9.17) is 0 Å². The fraction of sp³-hybridized carbons (Fsp3) is 0.818. The molecule has 16 heavy (non-hydrogen) atoms. The molecule has 2 rings (SSSR count). The van der Waals surface area contributed by atoms with E-state index in [9.17, 15) is 9.59 Å². The number of hydrogen-bond acceptors (Lipinski definition) is 3. The third-order valence-corrected chi connectivity index (χ3v) is 3.25. The lowest BCUT2D eigenvalue weighted by Gasteiger charge is -2.25. The maximum Gasteiger partial charge on any atom is 0.225 e. The molecule has 5 nitrogen and oxygen atoms in total. The number of carbonyl (C=O) groups excluding carboxylic acids is 2. The van der Waals surface area contributed by atoms with Gasteiger partial charge < -0.3 is 15.5 Å². The quantitative estimate of drug-likeness (QED) is 0.667. The van der Waals surface area contributed by atoms with Crippen molar-refractivity contribution in [1.82, 2.24) is 15.5 Å². The second-order valence-electron chi connectivity index (χ2n) is 4.48. The molecule has 2 aliphatic heterocycles. The van der Waals surface area contributed by atoms with E-state index in [-0.39, 0.29) is 17.7 Å². The van der Waals surface area contributed by atoms with Gasteiger partial charge in [0.25, 0.3) is 0 Å². The van der Waals surface area contributed by atoms with Crippen molar-refractivity contribution in [2.75, 3.05) is 32.7 Å². The van der Waals surface area contributed by atoms with Crippen molar-refractivity contribution < 1.29 is 9.59 Å². The first-order valence-electron chi connectivity index (χ1n) is 6.03. The molecule has 0 bridgehead atoms. The Labute approximate surface area is 95.6 Å². The fourth-order valence-corrected chi connectivity index (χ4v) is 2.04. The molecule has 5 heteroatoms. The van der Waals surface area contributed by atoms with Crippen LogP contribution in [0.25, 0.3) is 0 Å². The van der Waals surface area contributed by atoms with Crippen molar-refractivity contribution in [3.63, 3.8) is 0 Å². The summed E-state index contributed by atoms with van der Waals surface area (Å²) < 4.78 is 0. The molecule has 0 aromatic heterocycles. The van der Waals surface area contributed by atoms with E-state index in [1.807, 2.05) is 4.90 Å². The molecule has 0 aromatic rings. The van der Waals surface area contributed by atoms with Crippen LogP contribution in [0.1, 0.15) is 19.3 Å². The van der Waals surface area contributed by atoms with Crippen LogP contribution in [0.15, 0.2) is 0 Å². The topological polar surface area (TPSA) is 61.4 Å². The molecule has 0 atom stereocenters. The molecule has 2 aliphatic rings. The maximum absolute atomic E-state index is 11.6. The summed E-state index contributed by atoms with van der Waals surface area (Å²) in [6.45, 7) is 3.79.